The molecule has 0 radical (unpaired) electrons. The van der Waals surface area contributed by atoms with Gasteiger partial charge in [0, 0.05) is 24.3 Å². The summed E-state index contributed by atoms with van der Waals surface area (Å²) in [5, 5.41) is 21.3. The Morgan fingerprint density at radius 1 is 1.31 bits per heavy atom. The monoisotopic (exact) mass is 462 g/mol. The van der Waals surface area contributed by atoms with Crippen molar-refractivity contribution < 1.29 is 18.8 Å². The van der Waals surface area contributed by atoms with Gasteiger partial charge in [0.1, 0.15) is 17.8 Å². The lowest BCUT2D eigenvalue weighted by atomic mass is 10.2. The van der Waals surface area contributed by atoms with Crippen LogP contribution in [-0.2, 0) is 16.1 Å². The lowest BCUT2D eigenvalue weighted by Crippen LogP contribution is -2.44. The molecule has 1 unspecified atom stereocenters. The van der Waals surface area contributed by atoms with Crippen molar-refractivity contribution in [3.8, 4) is 10.6 Å². The Hall–Kier alpha value is -3.78. The predicted molar refractivity (Wildman–Crippen MR) is 110 cm³/mol. The minimum Gasteiger partial charge on any atom is -0.358 e. The first-order valence-corrected chi connectivity index (χ1v) is 10.2. The molecule has 0 spiro atoms. The van der Waals surface area contributed by atoms with Crippen LogP contribution in [0.1, 0.15) is 19.1 Å². The van der Waals surface area contributed by atoms with Crippen molar-refractivity contribution in [3.63, 3.8) is 0 Å². The van der Waals surface area contributed by atoms with Crippen LogP contribution in [0.3, 0.4) is 0 Å². The lowest BCUT2D eigenvalue weighted by Gasteiger charge is -2.15. The first-order valence-electron chi connectivity index (χ1n) is 9.35. The van der Waals surface area contributed by atoms with E-state index in [2.05, 4.69) is 15.5 Å². The van der Waals surface area contributed by atoms with Crippen molar-refractivity contribution in [2.75, 3.05) is 11.9 Å². The number of carbonyl (C=O) groups is 1. The number of nitro groups is 1. The number of non-ortho nitro benzene ring substituents is 1. The van der Waals surface area contributed by atoms with Gasteiger partial charge in [-0.15, -0.1) is 10.2 Å². The minimum atomic E-state index is -1.22. The maximum Gasteiger partial charge on any atom is 0.333 e. The van der Waals surface area contributed by atoms with Crippen LogP contribution in [0, 0.1) is 15.9 Å². The Labute approximate surface area is 182 Å². The molecule has 166 valence electrons. The molecule has 1 amide bonds. The van der Waals surface area contributed by atoms with Gasteiger partial charge in [-0.05, 0) is 25.0 Å². The van der Waals surface area contributed by atoms with Crippen molar-refractivity contribution in [2.24, 2.45) is 0 Å². The second-order valence-corrected chi connectivity index (χ2v) is 7.77. The SMILES string of the molecule is O=C(Cn1c(=O)c(F)cn(C2CCCO2)c1=O)Nc1nnc(-c2ccc([N+](=O)[O-])cc2)s1. The summed E-state index contributed by atoms with van der Waals surface area (Å²) >= 11 is 0.985. The molecule has 1 atom stereocenters. The maximum atomic E-state index is 14.1. The number of benzene rings is 1. The summed E-state index contributed by atoms with van der Waals surface area (Å²) in [7, 11) is 0. The summed E-state index contributed by atoms with van der Waals surface area (Å²) in [4.78, 5) is 47.3. The van der Waals surface area contributed by atoms with Crippen LogP contribution in [0.15, 0.2) is 40.1 Å². The van der Waals surface area contributed by atoms with Crippen LogP contribution < -0.4 is 16.6 Å². The van der Waals surface area contributed by atoms with Gasteiger partial charge in [-0.1, -0.05) is 11.3 Å². The summed E-state index contributed by atoms with van der Waals surface area (Å²) in [5.41, 5.74) is -1.61. The van der Waals surface area contributed by atoms with Crippen molar-refractivity contribution in [2.45, 2.75) is 25.6 Å². The summed E-state index contributed by atoms with van der Waals surface area (Å²) in [6.45, 7) is -0.318. The molecule has 0 saturated carbocycles. The highest BCUT2D eigenvalue weighted by atomic mass is 32.1. The second kappa shape index (κ2) is 8.76. The Kier molecular flexibility index (Phi) is 5.87. The molecule has 3 heterocycles. The van der Waals surface area contributed by atoms with Gasteiger partial charge in [0.2, 0.25) is 16.9 Å². The van der Waals surface area contributed by atoms with E-state index in [0.29, 0.717) is 34.6 Å². The third kappa shape index (κ3) is 4.31. The molecule has 0 bridgehead atoms. The van der Waals surface area contributed by atoms with Gasteiger partial charge in [0.25, 0.3) is 11.2 Å². The lowest BCUT2D eigenvalue weighted by molar-refractivity contribution is -0.384. The van der Waals surface area contributed by atoms with E-state index in [0.717, 1.165) is 22.1 Å². The number of anilines is 1. The summed E-state index contributed by atoms with van der Waals surface area (Å²) in [6, 6.07) is 5.60. The fraction of sp³-hybridized carbons (Fsp3) is 0.278. The number of carbonyl (C=O) groups excluding carboxylic acids is 1. The molecule has 32 heavy (non-hydrogen) atoms. The van der Waals surface area contributed by atoms with Crippen LogP contribution in [0.4, 0.5) is 15.2 Å². The normalized spacial score (nSPS) is 15.6. The molecule has 0 aliphatic carbocycles. The highest BCUT2D eigenvalue weighted by molar-refractivity contribution is 7.18. The fourth-order valence-electron chi connectivity index (χ4n) is 3.13. The molecule has 3 aromatic rings. The molecule has 1 aliphatic rings. The van der Waals surface area contributed by atoms with E-state index in [-0.39, 0.29) is 10.8 Å². The van der Waals surface area contributed by atoms with Gasteiger partial charge < -0.3 is 4.74 Å². The Balaban J connectivity index is 1.50. The predicted octanol–water partition coefficient (Wildman–Crippen LogP) is 1.52. The molecular weight excluding hydrogens is 447 g/mol. The number of rotatable bonds is 6. The molecule has 2 aromatic heterocycles. The standard InChI is InChI=1S/C18H15FN6O6S/c19-12-8-23(14-2-1-7-31-14)18(28)24(16(12)27)9-13(26)20-17-22-21-15(32-17)10-3-5-11(6-4-10)25(29)30/h3-6,8,14H,1-2,7,9H2,(H,20,22,26). The zero-order valence-corrected chi connectivity index (χ0v) is 17.1. The molecule has 1 aliphatic heterocycles. The zero-order valence-electron chi connectivity index (χ0n) is 16.3. The van der Waals surface area contributed by atoms with Gasteiger partial charge in [-0.3, -0.25) is 29.6 Å². The van der Waals surface area contributed by atoms with Crippen molar-refractivity contribution in [1.82, 2.24) is 19.3 Å². The molecule has 1 N–H and O–H groups in total. The van der Waals surface area contributed by atoms with Gasteiger partial charge >= 0.3 is 5.69 Å². The Morgan fingerprint density at radius 3 is 2.72 bits per heavy atom. The van der Waals surface area contributed by atoms with E-state index in [1.54, 1.807) is 0 Å². The first kappa shape index (κ1) is 21.5. The second-order valence-electron chi connectivity index (χ2n) is 6.79. The maximum absolute atomic E-state index is 14.1. The number of hydrogen-bond donors (Lipinski definition) is 1. The van der Waals surface area contributed by atoms with Crippen LogP contribution in [0.2, 0.25) is 0 Å². The van der Waals surface area contributed by atoms with E-state index >= 15 is 0 Å². The zero-order chi connectivity index (χ0) is 22.8. The molecule has 1 aromatic carbocycles. The van der Waals surface area contributed by atoms with E-state index in [1.807, 2.05) is 0 Å². The number of amides is 1. The third-order valence-electron chi connectivity index (χ3n) is 4.67. The van der Waals surface area contributed by atoms with Crippen molar-refractivity contribution in [1.29, 1.82) is 0 Å². The van der Waals surface area contributed by atoms with Crippen LogP contribution in [0.5, 0.6) is 0 Å². The summed E-state index contributed by atoms with van der Waals surface area (Å²) in [5.74, 6) is -1.95. The number of aromatic nitrogens is 4. The van der Waals surface area contributed by atoms with E-state index in [1.165, 1.54) is 24.3 Å². The van der Waals surface area contributed by atoms with E-state index in [9.17, 15) is 28.9 Å². The number of nitrogens with zero attached hydrogens (tertiary/aromatic N) is 5. The average Bonchev–Trinajstić information content (AvgIpc) is 3.46. The minimum absolute atomic E-state index is 0.0762. The molecule has 1 saturated heterocycles. The molecule has 14 heteroatoms. The number of halogens is 1. The van der Waals surface area contributed by atoms with Gasteiger partial charge in [-0.2, -0.15) is 4.39 Å². The Bertz CT molecular complexity index is 1290. The average molecular weight is 462 g/mol. The molecule has 1 fully saturated rings. The number of nitro benzene ring substituents is 1. The summed E-state index contributed by atoms with van der Waals surface area (Å²) < 4.78 is 20.9. The van der Waals surface area contributed by atoms with Crippen molar-refractivity contribution in [3.05, 3.63) is 67.2 Å². The largest absolute Gasteiger partial charge is 0.358 e. The van der Waals surface area contributed by atoms with Crippen LogP contribution >= 0.6 is 11.3 Å². The number of hydrogen-bond acceptors (Lipinski definition) is 9. The first-order chi connectivity index (χ1) is 15.3. The van der Waals surface area contributed by atoms with Gasteiger partial charge in [0.05, 0.1) is 11.1 Å². The number of nitrogens with one attached hydrogen (secondary N) is 1. The Morgan fingerprint density at radius 2 is 2.06 bits per heavy atom. The molecular formula is C18H15FN6O6S. The van der Waals surface area contributed by atoms with Gasteiger partial charge in [0.15, 0.2) is 0 Å². The fourth-order valence-corrected chi connectivity index (χ4v) is 3.90. The highest BCUT2D eigenvalue weighted by Gasteiger charge is 2.23. The van der Waals surface area contributed by atoms with Crippen LogP contribution in [-0.4, -0.2) is 36.8 Å². The quantitative estimate of drug-likeness (QED) is 0.428. The van der Waals surface area contributed by atoms with Crippen molar-refractivity contribution >= 4 is 28.1 Å². The third-order valence-corrected chi connectivity index (χ3v) is 5.56. The van der Waals surface area contributed by atoms with E-state index < -0.39 is 40.7 Å². The van der Waals surface area contributed by atoms with E-state index in [4.69, 9.17) is 4.74 Å². The van der Waals surface area contributed by atoms with Gasteiger partial charge in [-0.25, -0.2) is 9.36 Å². The summed E-state index contributed by atoms with van der Waals surface area (Å²) in [6.07, 6.45) is 1.27. The van der Waals surface area contributed by atoms with Crippen LogP contribution in [0.25, 0.3) is 10.6 Å². The molecule has 4 rings (SSSR count). The molecule has 12 nitrogen and oxygen atoms in total. The highest BCUT2D eigenvalue weighted by Crippen LogP contribution is 2.27. The smallest absolute Gasteiger partial charge is 0.333 e. The topological polar surface area (TPSA) is 151 Å². The number of ether oxygens (including phenoxy) is 1.